The Balaban J connectivity index is 2.06. The summed E-state index contributed by atoms with van der Waals surface area (Å²) in [7, 11) is 3.02. The highest BCUT2D eigenvalue weighted by atomic mass is 79.9. The Labute approximate surface area is 176 Å². The first-order valence-electron chi connectivity index (χ1n) is 8.77. The van der Waals surface area contributed by atoms with E-state index in [4.69, 9.17) is 9.47 Å². The molecule has 8 heteroatoms. The van der Waals surface area contributed by atoms with Crippen LogP contribution in [0.1, 0.15) is 5.56 Å². The number of methoxy groups -OCH3 is 2. The van der Waals surface area contributed by atoms with E-state index in [-0.39, 0.29) is 18.7 Å². The summed E-state index contributed by atoms with van der Waals surface area (Å²) < 4.78 is 10.9. The second kappa shape index (κ2) is 9.02. The number of para-hydroxylation sites is 1. The van der Waals surface area contributed by atoms with Gasteiger partial charge < -0.3 is 9.47 Å². The summed E-state index contributed by atoms with van der Waals surface area (Å²) in [5.41, 5.74) is 0.893. The van der Waals surface area contributed by atoms with Crippen molar-refractivity contribution in [3.05, 3.63) is 64.1 Å². The predicted octanol–water partition coefficient (Wildman–Crippen LogP) is 3.48. The lowest BCUT2D eigenvalue weighted by molar-refractivity contribution is -0.129. The molecule has 4 amide bonds. The van der Waals surface area contributed by atoms with Gasteiger partial charge in [-0.2, -0.15) is 0 Å². The summed E-state index contributed by atoms with van der Waals surface area (Å²) in [6.07, 6.45) is 1.47. The van der Waals surface area contributed by atoms with Gasteiger partial charge in [0.25, 0.3) is 11.8 Å². The number of halogens is 1. The maximum atomic E-state index is 13.1. The number of imide groups is 2. The van der Waals surface area contributed by atoms with Gasteiger partial charge in [0.05, 0.1) is 30.4 Å². The Morgan fingerprint density at radius 1 is 1.00 bits per heavy atom. The van der Waals surface area contributed by atoms with Crippen LogP contribution in [0.5, 0.6) is 5.75 Å². The minimum Gasteiger partial charge on any atom is -0.496 e. The van der Waals surface area contributed by atoms with Gasteiger partial charge in [0.15, 0.2) is 0 Å². The highest BCUT2D eigenvalue weighted by Crippen LogP contribution is 2.29. The average molecular weight is 459 g/mol. The Kier molecular flexibility index (Phi) is 6.46. The molecule has 1 aliphatic rings. The molecule has 2 aromatic rings. The smallest absolute Gasteiger partial charge is 0.338 e. The minimum atomic E-state index is -0.698. The fourth-order valence-electron chi connectivity index (χ4n) is 2.90. The highest BCUT2D eigenvalue weighted by Gasteiger charge is 2.42. The summed E-state index contributed by atoms with van der Waals surface area (Å²) in [5.74, 6) is -0.709. The Morgan fingerprint density at radius 2 is 1.72 bits per heavy atom. The van der Waals surface area contributed by atoms with Gasteiger partial charge in [-0.15, -0.1) is 0 Å². The first kappa shape index (κ1) is 20.8. The zero-order chi connectivity index (χ0) is 21.0. The minimum absolute atomic E-state index is 0.0361. The highest BCUT2D eigenvalue weighted by molar-refractivity contribution is 9.10. The van der Waals surface area contributed by atoms with Gasteiger partial charge in [-0.05, 0) is 51.8 Å². The number of carbonyl (C=O) groups excluding carboxylic acids is 3. The van der Waals surface area contributed by atoms with E-state index in [1.54, 1.807) is 55.6 Å². The van der Waals surface area contributed by atoms with Crippen LogP contribution in [0.2, 0.25) is 0 Å². The second-order valence-corrected chi connectivity index (χ2v) is 7.01. The van der Waals surface area contributed by atoms with Crippen molar-refractivity contribution >= 4 is 45.5 Å². The summed E-state index contributed by atoms with van der Waals surface area (Å²) >= 11 is 3.39. The van der Waals surface area contributed by atoms with Crippen molar-refractivity contribution in [2.75, 3.05) is 32.3 Å². The van der Waals surface area contributed by atoms with Crippen LogP contribution in [-0.4, -0.2) is 50.1 Å². The number of nitrogens with zero attached hydrogens (tertiary/aromatic N) is 2. The number of carbonyl (C=O) groups is 3. The summed E-state index contributed by atoms with van der Waals surface area (Å²) in [6.45, 7) is 0.199. The van der Waals surface area contributed by atoms with Crippen LogP contribution >= 0.6 is 15.9 Å². The zero-order valence-corrected chi connectivity index (χ0v) is 17.5. The van der Waals surface area contributed by atoms with Crippen molar-refractivity contribution in [1.29, 1.82) is 0 Å². The molecule has 0 saturated carbocycles. The van der Waals surface area contributed by atoms with E-state index in [0.717, 1.165) is 9.80 Å². The van der Waals surface area contributed by atoms with Crippen molar-refractivity contribution < 1.29 is 23.9 Å². The number of urea groups is 1. The first-order chi connectivity index (χ1) is 14.0. The zero-order valence-electron chi connectivity index (χ0n) is 15.9. The monoisotopic (exact) mass is 458 g/mol. The molecule has 7 nitrogen and oxygen atoms in total. The summed E-state index contributed by atoms with van der Waals surface area (Å²) in [5, 5.41) is 0. The van der Waals surface area contributed by atoms with Crippen LogP contribution in [0.3, 0.4) is 0 Å². The van der Waals surface area contributed by atoms with Gasteiger partial charge in [-0.1, -0.05) is 24.3 Å². The molecule has 1 fully saturated rings. The molecule has 0 spiro atoms. The molecule has 0 aliphatic carbocycles. The largest absolute Gasteiger partial charge is 0.496 e. The molecule has 1 saturated heterocycles. The Hall–Kier alpha value is -2.97. The van der Waals surface area contributed by atoms with Gasteiger partial charge in [0.2, 0.25) is 0 Å². The number of barbiturate groups is 1. The van der Waals surface area contributed by atoms with Crippen LogP contribution in [0.4, 0.5) is 10.5 Å². The quantitative estimate of drug-likeness (QED) is 0.489. The molecule has 0 radical (unpaired) electrons. The Morgan fingerprint density at radius 3 is 2.34 bits per heavy atom. The number of amides is 4. The maximum absolute atomic E-state index is 13.1. The van der Waals surface area contributed by atoms with Crippen molar-refractivity contribution in [2.24, 2.45) is 0 Å². The number of anilines is 1. The van der Waals surface area contributed by atoms with Crippen molar-refractivity contribution in [3.8, 4) is 5.75 Å². The van der Waals surface area contributed by atoms with Gasteiger partial charge in [-0.3, -0.25) is 14.5 Å². The predicted molar refractivity (Wildman–Crippen MR) is 112 cm³/mol. The summed E-state index contributed by atoms with van der Waals surface area (Å²) in [6, 6.07) is 13.0. The van der Waals surface area contributed by atoms with E-state index < -0.39 is 17.8 Å². The maximum Gasteiger partial charge on any atom is 0.338 e. The number of ether oxygens (including phenoxy) is 2. The number of rotatable bonds is 6. The average Bonchev–Trinajstić information content (AvgIpc) is 2.72. The van der Waals surface area contributed by atoms with E-state index in [1.165, 1.54) is 13.2 Å². The number of hydrogen-bond donors (Lipinski definition) is 0. The van der Waals surface area contributed by atoms with Crippen LogP contribution < -0.4 is 9.64 Å². The standard InChI is InChI=1S/C21H19BrN2O5/c1-28-11-10-23-19(25)16(12-14-8-9-18(29-2)17(22)13-14)20(26)24(21(23)27)15-6-4-3-5-7-15/h3-9,12-13H,10-11H2,1-2H3/b16-12-. The van der Waals surface area contributed by atoms with Crippen molar-refractivity contribution in [3.63, 3.8) is 0 Å². The third kappa shape index (κ3) is 4.23. The molecule has 0 unspecified atom stereocenters. The first-order valence-corrected chi connectivity index (χ1v) is 9.56. The molecule has 1 heterocycles. The second-order valence-electron chi connectivity index (χ2n) is 6.16. The van der Waals surface area contributed by atoms with Crippen molar-refractivity contribution in [2.45, 2.75) is 0 Å². The van der Waals surface area contributed by atoms with E-state index >= 15 is 0 Å². The molecule has 3 rings (SSSR count). The molecular weight excluding hydrogens is 440 g/mol. The van der Waals surface area contributed by atoms with Gasteiger partial charge in [-0.25, -0.2) is 9.69 Å². The molecule has 29 heavy (non-hydrogen) atoms. The van der Waals surface area contributed by atoms with Crippen LogP contribution in [0, 0.1) is 0 Å². The Bertz CT molecular complexity index is 974. The van der Waals surface area contributed by atoms with E-state index in [1.807, 2.05) is 0 Å². The van der Waals surface area contributed by atoms with Gasteiger partial charge in [0, 0.05) is 7.11 Å². The van der Waals surface area contributed by atoms with Crippen LogP contribution in [0.25, 0.3) is 6.08 Å². The van der Waals surface area contributed by atoms with Gasteiger partial charge in [0.1, 0.15) is 11.3 Å². The SMILES string of the molecule is COCCN1C(=O)/C(=C/c2ccc(OC)c(Br)c2)C(=O)N(c2ccccc2)C1=O. The van der Waals surface area contributed by atoms with E-state index in [2.05, 4.69) is 15.9 Å². The number of benzene rings is 2. The topological polar surface area (TPSA) is 76.2 Å². The molecular formula is C21H19BrN2O5. The van der Waals surface area contributed by atoms with Crippen LogP contribution in [0.15, 0.2) is 58.6 Å². The third-order valence-corrected chi connectivity index (χ3v) is 4.97. The molecule has 0 aromatic heterocycles. The number of hydrogen-bond acceptors (Lipinski definition) is 5. The molecule has 0 atom stereocenters. The molecule has 150 valence electrons. The summed E-state index contributed by atoms with van der Waals surface area (Å²) in [4.78, 5) is 40.9. The van der Waals surface area contributed by atoms with Crippen LogP contribution in [-0.2, 0) is 14.3 Å². The fraction of sp³-hybridized carbons (Fsp3) is 0.190. The van der Waals surface area contributed by atoms with Crippen molar-refractivity contribution in [1.82, 2.24) is 4.90 Å². The normalized spacial score (nSPS) is 16.0. The lowest BCUT2D eigenvalue weighted by atomic mass is 10.1. The molecule has 0 N–H and O–H groups in total. The molecule has 2 aromatic carbocycles. The van der Waals surface area contributed by atoms with E-state index in [9.17, 15) is 14.4 Å². The van der Waals surface area contributed by atoms with Gasteiger partial charge >= 0.3 is 6.03 Å². The molecule has 0 bridgehead atoms. The third-order valence-electron chi connectivity index (χ3n) is 4.35. The molecule has 1 aliphatic heterocycles. The lowest BCUT2D eigenvalue weighted by Crippen LogP contribution is -2.57. The lowest BCUT2D eigenvalue weighted by Gasteiger charge is -2.33. The van der Waals surface area contributed by atoms with E-state index in [0.29, 0.717) is 21.5 Å². The fourth-order valence-corrected chi connectivity index (χ4v) is 3.46.